The summed E-state index contributed by atoms with van der Waals surface area (Å²) < 4.78 is 3.82. The summed E-state index contributed by atoms with van der Waals surface area (Å²) in [7, 11) is 1.88. The highest BCUT2D eigenvalue weighted by Gasteiger charge is 2.24. The molecule has 138 valence electrons. The van der Waals surface area contributed by atoms with Gasteiger partial charge in [-0.05, 0) is 12.0 Å². The van der Waals surface area contributed by atoms with E-state index in [1.807, 2.05) is 28.6 Å². The molecule has 26 heavy (non-hydrogen) atoms. The second kappa shape index (κ2) is 6.94. The van der Waals surface area contributed by atoms with E-state index in [1.165, 1.54) is 5.69 Å². The van der Waals surface area contributed by atoms with Gasteiger partial charge >= 0.3 is 0 Å². The number of imidazole rings is 1. The number of aliphatic hydroxyl groups excluding tert-OH is 1. The summed E-state index contributed by atoms with van der Waals surface area (Å²) in [4.78, 5) is 11.4. The van der Waals surface area contributed by atoms with Crippen LogP contribution in [-0.4, -0.2) is 40.9 Å². The van der Waals surface area contributed by atoms with Gasteiger partial charge in [0.25, 0.3) is 0 Å². The Hall–Kier alpha value is -2.03. The van der Waals surface area contributed by atoms with Crippen LogP contribution >= 0.6 is 11.3 Å². The SMILES string of the molecule is CC(C)c1csc(CN2CCn3nc([C@@H](O)c4nccn4C)cc3C2)n1. The molecule has 3 aromatic heterocycles. The molecule has 0 spiro atoms. The Kier molecular flexibility index (Phi) is 4.64. The van der Waals surface area contributed by atoms with Crippen molar-refractivity contribution in [1.29, 1.82) is 0 Å². The Morgan fingerprint density at radius 1 is 1.27 bits per heavy atom. The van der Waals surface area contributed by atoms with Crippen molar-refractivity contribution in [1.82, 2.24) is 29.2 Å². The lowest BCUT2D eigenvalue weighted by Gasteiger charge is -2.26. The van der Waals surface area contributed by atoms with Gasteiger partial charge in [-0.15, -0.1) is 11.3 Å². The maximum atomic E-state index is 10.6. The zero-order chi connectivity index (χ0) is 18.3. The van der Waals surface area contributed by atoms with Crippen molar-refractivity contribution >= 4 is 11.3 Å². The van der Waals surface area contributed by atoms with E-state index >= 15 is 0 Å². The van der Waals surface area contributed by atoms with Crippen molar-refractivity contribution in [2.24, 2.45) is 7.05 Å². The number of hydrogen-bond donors (Lipinski definition) is 1. The second-order valence-corrected chi connectivity index (χ2v) is 8.06. The molecule has 0 unspecified atom stereocenters. The monoisotopic (exact) mass is 372 g/mol. The standard InChI is InChI=1S/C18H24N6OS/c1-12(2)15-11-26-16(20-15)10-23-6-7-24-13(9-23)8-14(21-24)17(25)18-19-4-5-22(18)3/h4-5,8,11-12,17,25H,6-7,9-10H2,1-3H3/t17-/m1/s1. The van der Waals surface area contributed by atoms with Crippen LogP contribution in [0.25, 0.3) is 0 Å². The number of thiazole rings is 1. The first-order valence-corrected chi connectivity index (χ1v) is 9.78. The minimum absolute atomic E-state index is 0.470. The van der Waals surface area contributed by atoms with E-state index in [2.05, 4.69) is 34.2 Å². The fraction of sp³-hybridized carbons (Fsp3) is 0.500. The molecular weight excluding hydrogens is 348 g/mol. The van der Waals surface area contributed by atoms with E-state index in [-0.39, 0.29) is 0 Å². The van der Waals surface area contributed by atoms with Crippen LogP contribution < -0.4 is 0 Å². The molecule has 3 aromatic rings. The lowest BCUT2D eigenvalue weighted by Crippen LogP contribution is -2.33. The fourth-order valence-electron chi connectivity index (χ4n) is 3.24. The molecule has 7 nitrogen and oxygen atoms in total. The summed E-state index contributed by atoms with van der Waals surface area (Å²) in [6, 6.07) is 1.99. The normalized spacial score (nSPS) is 16.2. The molecule has 0 radical (unpaired) electrons. The predicted molar refractivity (Wildman–Crippen MR) is 99.8 cm³/mol. The molecule has 0 aliphatic carbocycles. The summed E-state index contributed by atoms with van der Waals surface area (Å²) in [5.74, 6) is 1.08. The molecule has 0 saturated carbocycles. The molecule has 1 aliphatic heterocycles. The van der Waals surface area contributed by atoms with Crippen molar-refractivity contribution in [2.45, 2.75) is 45.5 Å². The summed E-state index contributed by atoms with van der Waals surface area (Å²) in [5, 5.41) is 18.5. The highest BCUT2D eigenvalue weighted by Crippen LogP contribution is 2.24. The minimum atomic E-state index is -0.797. The number of rotatable bonds is 5. The van der Waals surface area contributed by atoms with Crippen LogP contribution in [0.5, 0.6) is 0 Å². The summed E-state index contributed by atoms with van der Waals surface area (Å²) in [6.45, 7) is 7.78. The Morgan fingerprint density at radius 2 is 2.12 bits per heavy atom. The number of aliphatic hydroxyl groups is 1. The molecule has 0 saturated heterocycles. The van der Waals surface area contributed by atoms with Crippen LogP contribution in [0.1, 0.15) is 53.8 Å². The highest BCUT2D eigenvalue weighted by atomic mass is 32.1. The number of nitrogens with zero attached hydrogens (tertiary/aromatic N) is 6. The van der Waals surface area contributed by atoms with E-state index in [0.29, 0.717) is 17.4 Å². The molecular formula is C18H24N6OS. The first kappa shape index (κ1) is 17.4. The Labute approximate surface area is 156 Å². The van der Waals surface area contributed by atoms with E-state index in [9.17, 15) is 5.11 Å². The van der Waals surface area contributed by atoms with Gasteiger partial charge in [-0.2, -0.15) is 5.10 Å². The van der Waals surface area contributed by atoms with Gasteiger partial charge in [-0.1, -0.05) is 13.8 Å². The zero-order valence-corrected chi connectivity index (χ0v) is 16.1. The molecule has 8 heteroatoms. The van der Waals surface area contributed by atoms with Gasteiger partial charge in [0.05, 0.1) is 30.2 Å². The van der Waals surface area contributed by atoms with Gasteiger partial charge in [-0.3, -0.25) is 9.58 Å². The summed E-state index contributed by atoms with van der Waals surface area (Å²) in [5.41, 5.74) is 2.96. The van der Waals surface area contributed by atoms with Crippen LogP contribution in [0, 0.1) is 0 Å². The predicted octanol–water partition coefficient (Wildman–Crippen LogP) is 2.29. The number of aromatic nitrogens is 5. The largest absolute Gasteiger partial charge is 0.379 e. The molecule has 0 aromatic carbocycles. The second-order valence-electron chi connectivity index (χ2n) is 7.11. The molecule has 0 bridgehead atoms. The van der Waals surface area contributed by atoms with Gasteiger partial charge < -0.3 is 9.67 Å². The molecule has 4 heterocycles. The maximum Gasteiger partial charge on any atom is 0.155 e. The third-order valence-electron chi connectivity index (χ3n) is 4.80. The number of aryl methyl sites for hydroxylation is 1. The quantitative estimate of drug-likeness (QED) is 0.744. The molecule has 4 rings (SSSR count). The van der Waals surface area contributed by atoms with E-state index in [0.717, 1.165) is 36.9 Å². The van der Waals surface area contributed by atoms with Crippen molar-refractivity contribution in [3.05, 3.63) is 51.8 Å². The van der Waals surface area contributed by atoms with Gasteiger partial charge in [0.2, 0.25) is 0 Å². The molecule has 1 atom stereocenters. The lowest BCUT2D eigenvalue weighted by molar-refractivity contribution is 0.194. The molecule has 0 fully saturated rings. The minimum Gasteiger partial charge on any atom is -0.379 e. The van der Waals surface area contributed by atoms with Gasteiger partial charge in [0, 0.05) is 37.9 Å². The number of fused-ring (bicyclic) bond motifs is 1. The van der Waals surface area contributed by atoms with E-state index in [4.69, 9.17) is 4.98 Å². The van der Waals surface area contributed by atoms with E-state index in [1.54, 1.807) is 17.5 Å². The highest BCUT2D eigenvalue weighted by molar-refractivity contribution is 7.09. The van der Waals surface area contributed by atoms with Crippen LogP contribution in [0.3, 0.4) is 0 Å². The fourth-order valence-corrected chi connectivity index (χ4v) is 4.24. The molecule has 1 aliphatic rings. The zero-order valence-electron chi connectivity index (χ0n) is 15.3. The van der Waals surface area contributed by atoms with Crippen LogP contribution in [0.15, 0.2) is 23.8 Å². The van der Waals surface area contributed by atoms with Gasteiger partial charge in [0.15, 0.2) is 6.10 Å². The molecule has 0 amide bonds. The molecule has 1 N–H and O–H groups in total. The average Bonchev–Trinajstić information content (AvgIpc) is 3.33. The van der Waals surface area contributed by atoms with Gasteiger partial charge in [0.1, 0.15) is 10.8 Å². The Balaban J connectivity index is 1.47. The van der Waals surface area contributed by atoms with Crippen molar-refractivity contribution in [2.75, 3.05) is 6.54 Å². The lowest BCUT2D eigenvalue weighted by atomic mass is 10.2. The van der Waals surface area contributed by atoms with Crippen LogP contribution in [0.2, 0.25) is 0 Å². The van der Waals surface area contributed by atoms with Crippen LogP contribution in [-0.2, 0) is 26.7 Å². The Bertz CT molecular complexity index is 895. The maximum absolute atomic E-state index is 10.6. The first-order valence-electron chi connectivity index (χ1n) is 8.90. The topological polar surface area (TPSA) is 72.0 Å². The third kappa shape index (κ3) is 3.32. The smallest absolute Gasteiger partial charge is 0.155 e. The Morgan fingerprint density at radius 3 is 2.81 bits per heavy atom. The summed E-state index contributed by atoms with van der Waals surface area (Å²) in [6.07, 6.45) is 2.72. The van der Waals surface area contributed by atoms with Crippen molar-refractivity contribution in [3.8, 4) is 0 Å². The van der Waals surface area contributed by atoms with E-state index < -0.39 is 6.10 Å². The number of hydrogen-bond acceptors (Lipinski definition) is 6. The van der Waals surface area contributed by atoms with Crippen LogP contribution in [0.4, 0.5) is 0 Å². The summed E-state index contributed by atoms with van der Waals surface area (Å²) >= 11 is 1.74. The van der Waals surface area contributed by atoms with Crippen molar-refractivity contribution < 1.29 is 5.11 Å². The first-order chi connectivity index (χ1) is 12.5. The third-order valence-corrected chi connectivity index (χ3v) is 5.65. The average molecular weight is 372 g/mol. The van der Waals surface area contributed by atoms with Gasteiger partial charge in [-0.25, -0.2) is 9.97 Å². The van der Waals surface area contributed by atoms with Crippen molar-refractivity contribution in [3.63, 3.8) is 0 Å².